The molecule has 0 spiro atoms. The molecule has 1 atom stereocenters. The first-order valence-electron chi connectivity index (χ1n) is 12.7. The van der Waals surface area contributed by atoms with E-state index in [1.54, 1.807) is 12.1 Å². The molecular formula is C30H31ClF2N2O2. The lowest BCUT2D eigenvalue weighted by Crippen LogP contribution is -2.53. The molecular weight excluding hydrogens is 494 g/mol. The summed E-state index contributed by atoms with van der Waals surface area (Å²) in [5, 5.41) is 3.32. The second-order valence-corrected chi connectivity index (χ2v) is 9.98. The van der Waals surface area contributed by atoms with Gasteiger partial charge in [0.15, 0.2) is 0 Å². The van der Waals surface area contributed by atoms with Gasteiger partial charge in [0.05, 0.1) is 6.42 Å². The minimum Gasteiger partial charge on any atom is -0.352 e. The van der Waals surface area contributed by atoms with Gasteiger partial charge in [-0.05, 0) is 48.2 Å². The van der Waals surface area contributed by atoms with Gasteiger partial charge in [-0.15, -0.1) is 0 Å². The number of carbonyl (C=O) groups is 2. The fourth-order valence-electron chi connectivity index (χ4n) is 4.84. The summed E-state index contributed by atoms with van der Waals surface area (Å²) in [5.41, 5.74) is 1.65. The molecule has 7 heteroatoms. The van der Waals surface area contributed by atoms with Crippen LogP contribution in [0.2, 0.25) is 5.02 Å². The third kappa shape index (κ3) is 7.39. The van der Waals surface area contributed by atoms with Crippen LogP contribution in [0, 0.1) is 11.6 Å². The number of hydrogen-bond acceptors (Lipinski definition) is 2. The first kappa shape index (κ1) is 26.8. The van der Waals surface area contributed by atoms with Crippen molar-refractivity contribution in [3.63, 3.8) is 0 Å². The van der Waals surface area contributed by atoms with Crippen LogP contribution in [0.3, 0.4) is 0 Å². The maximum atomic E-state index is 14.6. The van der Waals surface area contributed by atoms with Crippen molar-refractivity contribution in [2.24, 2.45) is 0 Å². The van der Waals surface area contributed by atoms with Gasteiger partial charge in [0, 0.05) is 29.6 Å². The summed E-state index contributed by atoms with van der Waals surface area (Å²) >= 11 is 6.22. The summed E-state index contributed by atoms with van der Waals surface area (Å²) in [5.74, 6) is -1.65. The highest BCUT2D eigenvalue weighted by atomic mass is 35.5. The van der Waals surface area contributed by atoms with E-state index in [0.29, 0.717) is 5.56 Å². The number of halogens is 3. The monoisotopic (exact) mass is 524 g/mol. The zero-order valence-corrected chi connectivity index (χ0v) is 21.4. The Labute approximate surface area is 221 Å². The van der Waals surface area contributed by atoms with Gasteiger partial charge in [-0.2, -0.15) is 0 Å². The van der Waals surface area contributed by atoms with Gasteiger partial charge in [0.2, 0.25) is 11.8 Å². The maximum absolute atomic E-state index is 14.6. The Morgan fingerprint density at radius 1 is 0.892 bits per heavy atom. The van der Waals surface area contributed by atoms with Crippen molar-refractivity contribution in [1.82, 2.24) is 10.2 Å². The molecule has 2 amide bonds. The lowest BCUT2D eigenvalue weighted by Gasteiger charge is -2.33. The average molecular weight is 525 g/mol. The molecule has 3 aromatic carbocycles. The molecule has 0 radical (unpaired) electrons. The molecule has 37 heavy (non-hydrogen) atoms. The highest BCUT2D eigenvalue weighted by molar-refractivity contribution is 6.31. The molecule has 1 aliphatic rings. The van der Waals surface area contributed by atoms with E-state index in [0.717, 1.165) is 37.7 Å². The predicted molar refractivity (Wildman–Crippen MR) is 141 cm³/mol. The van der Waals surface area contributed by atoms with E-state index in [-0.39, 0.29) is 41.9 Å². The van der Waals surface area contributed by atoms with Gasteiger partial charge >= 0.3 is 0 Å². The van der Waals surface area contributed by atoms with E-state index in [2.05, 4.69) is 5.32 Å². The van der Waals surface area contributed by atoms with E-state index in [1.807, 2.05) is 30.3 Å². The van der Waals surface area contributed by atoms with Gasteiger partial charge in [-0.25, -0.2) is 8.78 Å². The van der Waals surface area contributed by atoms with Crippen LogP contribution in [0.4, 0.5) is 8.78 Å². The standard InChI is InChI=1S/C30H31ClF2N2O2/c31-26-12-7-13-27(33)25(26)19-29(36)35(20-22-14-16-23(32)17-15-22)28(18-21-8-3-1-4-9-21)30(37)34-24-10-5-2-6-11-24/h1,3-4,7-9,12-17,24,28H,2,5-6,10-11,18-20H2,(H,34,37)/t28-/m1/s1. The Morgan fingerprint density at radius 3 is 2.27 bits per heavy atom. The molecule has 0 aliphatic heterocycles. The number of amides is 2. The minimum atomic E-state index is -0.840. The van der Waals surface area contributed by atoms with E-state index < -0.39 is 23.6 Å². The Balaban J connectivity index is 1.68. The van der Waals surface area contributed by atoms with Crippen molar-refractivity contribution in [1.29, 1.82) is 0 Å². The Kier molecular flexibility index (Phi) is 9.29. The van der Waals surface area contributed by atoms with Crippen molar-refractivity contribution in [3.8, 4) is 0 Å². The minimum absolute atomic E-state index is 0.0586. The molecule has 3 aromatic rings. The summed E-state index contributed by atoms with van der Waals surface area (Å²) in [6.07, 6.45) is 5.06. The van der Waals surface area contributed by atoms with Crippen molar-refractivity contribution in [2.75, 3.05) is 0 Å². The van der Waals surface area contributed by atoms with Crippen LogP contribution in [-0.4, -0.2) is 28.8 Å². The predicted octanol–water partition coefficient (Wildman–Crippen LogP) is 6.25. The van der Waals surface area contributed by atoms with Crippen molar-refractivity contribution >= 4 is 23.4 Å². The highest BCUT2D eigenvalue weighted by Crippen LogP contribution is 2.23. The number of benzene rings is 3. The van der Waals surface area contributed by atoms with Crippen molar-refractivity contribution in [2.45, 2.75) is 63.6 Å². The summed E-state index contributed by atoms with van der Waals surface area (Å²) in [6, 6.07) is 18.8. The fraction of sp³-hybridized carbons (Fsp3) is 0.333. The van der Waals surface area contributed by atoms with Crippen LogP contribution in [0.25, 0.3) is 0 Å². The van der Waals surface area contributed by atoms with Crippen molar-refractivity contribution in [3.05, 3.63) is 106 Å². The number of carbonyl (C=O) groups excluding carboxylic acids is 2. The van der Waals surface area contributed by atoms with Crippen LogP contribution < -0.4 is 5.32 Å². The summed E-state index contributed by atoms with van der Waals surface area (Å²) in [6.45, 7) is 0.0702. The zero-order chi connectivity index (χ0) is 26.2. The first-order chi connectivity index (χ1) is 17.9. The van der Waals surface area contributed by atoms with Crippen molar-refractivity contribution < 1.29 is 18.4 Å². The van der Waals surface area contributed by atoms with E-state index in [1.165, 1.54) is 35.2 Å². The van der Waals surface area contributed by atoms with Gasteiger partial charge in [-0.3, -0.25) is 9.59 Å². The first-order valence-corrected chi connectivity index (χ1v) is 13.1. The highest BCUT2D eigenvalue weighted by Gasteiger charge is 2.32. The third-order valence-electron chi connectivity index (χ3n) is 6.88. The molecule has 1 aliphatic carbocycles. The van der Waals surface area contributed by atoms with Crippen LogP contribution in [-0.2, 0) is 29.0 Å². The second kappa shape index (κ2) is 12.8. The molecule has 0 unspecified atom stereocenters. The summed E-state index contributed by atoms with van der Waals surface area (Å²) in [7, 11) is 0. The van der Waals surface area contributed by atoms with Crippen LogP contribution >= 0.6 is 11.6 Å². The zero-order valence-electron chi connectivity index (χ0n) is 20.6. The van der Waals surface area contributed by atoms with E-state index in [9.17, 15) is 18.4 Å². The number of hydrogen-bond donors (Lipinski definition) is 1. The molecule has 0 heterocycles. The number of nitrogens with one attached hydrogen (secondary N) is 1. The van der Waals surface area contributed by atoms with E-state index in [4.69, 9.17) is 11.6 Å². The molecule has 1 saturated carbocycles. The summed E-state index contributed by atoms with van der Waals surface area (Å²) < 4.78 is 28.2. The smallest absolute Gasteiger partial charge is 0.243 e. The molecule has 0 bridgehead atoms. The second-order valence-electron chi connectivity index (χ2n) is 9.57. The normalized spacial score (nSPS) is 14.7. The molecule has 1 fully saturated rings. The topological polar surface area (TPSA) is 49.4 Å². The Morgan fingerprint density at radius 2 is 1.59 bits per heavy atom. The van der Waals surface area contributed by atoms with Crippen LogP contribution in [0.15, 0.2) is 72.8 Å². The van der Waals surface area contributed by atoms with Gasteiger partial charge < -0.3 is 10.2 Å². The molecule has 0 saturated heterocycles. The summed E-state index contributed by atoms with van der Waals surface area (Å²) in [4.78, 5) is 29.0. The molecule has 194 valence electrons. The Hall–Kier alpha value is -3.25. The SMILES string of the molecule is O=C(NC1CCCCC1)[C@@H](Cc1ccccc1)N(Cc1ccc(F)cc1)C(=O)Cc1c(F)cccc1Cl. The van der Waals surface area contributed by atoms with Crippen LogP contribution in [0.5, 0.6) is 0 Å². The molecule has 0 aromatic heterocycles. The molecule has 4 nitrogen and oxygen atoms in total. The van der Waals surface area contributed by atoms with Gasteiger partial charge in [0.25, 0.3) is 0 Å². The maximum Gasteiger partial charge on any atom is 0.243 e. The Bertz CT molecular complexity index is 1180. The molecule has 4 rings (SSSR count). The van der Waals surface area contributed by atoms with Gasteiger partial charge in [0.1, 0.15) is 17.7 Å². The quantitative estimate of drug-likeness (QED) is 0.360. The van der Waals surface area contributed by atoms with Gasteiger partial charge in [-0.1, -0.05) is 79.4 Å². The van der Waals surface area contributed by atoms with Crippen LogP contribution in [0.1, 0.15) is 48.8 Å². The van der Waals surface area contributed by atoms with E-state index >= 15 is 0 Å². The average Bonchev–Trinajstić information content (AvgIpc) is 2.90. The lowest BCUT2D eigenvalue weighted by atomic mass is 9.94. The number of nitrogens with zero attached hydrogens (tertiary/aromatic N) is 1. The third-order valence-corrected chi connectivity index (χ3v) is 7.23. The number of rotatable bonds is 9. The lowest BCUT2D eigenvalue weighted by molar-refractivity contribution is -0.141. The largest absolute Gasteiger partial charge is 0.352 e. The fourth-order valence-corrected chi connectivity index (χ4v) is 5.07. The molecule has 1 N–H and O–H groups in total.